The largest absolute Gasteiger partial charge is 0.485 e. The lowest BCUT2D eigenvalue weighted by Gasteiger charge is -2.22. The predicted octanol–water partition coefficient (Wildman–Crippen LogP) is 3.55. The summed E-state index contributed by atoms with van der Waals surface area (Å²) in [7, 11) is 0. The number of furan rings is 1. The van der Waals surface area contributed by atoms with Crippen LogP contribution in [0.25, 0.3) is 0 Å². The molecule has 0 bridgehead atoms. The van der Waals surface area contributed by atoms with Crippen molar-refractivity contribution in [3.8, 4) is 5.75 Å². The quantitative estimate of drug-likeness (QED) is 0.328. The lowest BCUT2D eigenvalue weighted by atomic mass is 10.0. The maximum Gasteiger partial charge on any atom is 0.287 e. The van der Waals surface area contributed by atoms with Gasteiger partial charge in [-0.15, -0.1) is 0 Å². The third-order valence-electron chi connectivity index (χ3n) is 4.73. The van der Waals surface area contributed by atoms with Crippen molar-refractivity contribution in [3.63, 3.8) is 0 Å². The zero-order chi connectivity index (χ0) is 23.3. The highest BCUT2D eigenvalue weighted by molar-refractivity contribution is 6.30. The summed E-state index contributed by atoms with van der Waals surface area (Å²) < 4.78 is 11.2. The molecule has 2 aromatic carbocycles. The summed E-state index contributed by atoms with van der Waals surface area (Å²) in [6.45, 7) is 1.38. The minimum atomic E-state index is -1.28. The number of non-ortho nitro benzene ring substituents is 1. The number of carbonyl (C=O) groups is 1. The van der Waals surface area contributed by atoms with E-state index >= 15 is 0 Å². The first-order chi connectivity index (χ1) is 15.3. The summed E-state index contributed by atoms with van der Waals surface area (Å²) in [4.78, 5) is 22.7. The highest BCUT2D eigenvalue weighted by Gasteiger charge is 2.24. The van der Waals surface area contributed by atoms with E-state index in [1.807, 2.05) is 6.92 Å². The van der Waals surface area contributed by atoms with E-state index in [0.717, 1.165) is 5.56 Å². The molecular formula is C22H21ClN2O7. The van der Waals surface area contributed by atoms with Crippen molar-refractivity contribution in [2.24, 2.45) is 0 Å². The van der Waals surface area contributed by atoms with Gasteiger partial charge in [0, 0.05) is 17.2 Å². The molecule has 3 N–H and O–H groups in total. The van der Waals surface area contributed by atoms with Crippen LogP contribution in [-0.2, 0) is 6.61 Å². The summed E-state index contributed by atoms with van der Waals surface area (Å²) in [6, 6.07) is 12.4. The molecule has 0 aliphatic heterocycles. The molecule has 3 rings (SSSR count). The zero-order valence-corrected chi connectivity index (χ0v) is 17.8. The molecule has 0 saturated heterocycles. The van der Waals surface area contributed by atoms with E-state index < -0.39 is 29.6 Å². The number of hydrogen-bond acceptors (Lipinski definition) is 7. The second kappa shape index (κ2) is 10.3. The Kier molecular flexibility index (Phi) is 7.47. The van der Waals surface area contributed by atoms with Crippen molar-refractivity contribution >= 4 is 23.2 Å². The van der Waals surface area contributed by atoms with Crippen LogP contribution in [0, 0.1) is 17.0 Å². The molecule has 0 aliphatic rings. The Balaban J connectivity index is 1.61. The Morgan fingerprint density at radius 3 is 2.56 bits per heavy atom. The Morgan fingerprint density at radius 1 is 1.22 bits per heavy atom. The fourth-order valence-corrected chi connectivity index (χ4v) is 3.22. The number of aliphatic hydroxyl groups excluding tert-OH is 2. The van der Waals surface area contributed by atoms with Gasteiger partial charge in [0.25, 0.3) is 11.6 Å². The summed E-state index contributed by atoms with van der Waals surface area (Å²) in [5.74, 6) is 0.369. The molecule has 2 atom stereocenters. The van der Waals surface area contributed by atoms with Crippen LogP contribution in [0.1, 0.15) is 33.5 Å². The molecule has 10 heteroatoms. The number of aliphatic hydroxyl groups is 2. The average Bonchev–Trinajstić information content (AvgIpc) is 3.25. The van der Waals surface area contributed by atoms with Gasteiger partial charge < -0.3 is 24.7 Å². The second-order valence-electron chi connectivity index (χ2n) is 7.02. The summed E-state index contributed by atoms with van der Waals surface area (Å²) >= 11 is 5.93. The first kappa shape index (κ1) is 23.3. The van der Waals surface area contributed by atoms with Crippen molar-refractivity contribution in [1.82, 2.24) is 5.32 Å². The van der Waals surface area contributed by atoms with Gasteiger partial charge in [0.05, 0.1) is 17.6 Å². The molecule has 168 valence electrons. The maximum atomic E-state index is 12.5. The molecule has 0 radical (unpaired) electrons. The minimum Gasteiger partial charge on any atom is -0.485 e. The number of benzene rings is 2. The Bertz CT molecular complexity index is 1100. The van der Waals surface area contributed by atoms with Crippen molar-refractivity contribution < 1.29 is 29.1 Å². The number of nitro benzene ring substituents is 1. The summed E-state index contributed by atoms with van der Waals surface area (Å²) in [5.41, 5.74) is 1.03. The monoisotopic (exact) mass is 460 g/mol. The third-order valence-corrected chi connectivity index (χ3v) is 4.97. The molecular weight excluding hydrogens is 440 g/mol. The van der Waals surface area contributed by atoms with E-state index in [1.54, 1.807) is 24.3 Å². The molecule has 0 saturated carbocycles. The van der Waals surface area contributed by atoms with Crippen LogP contribution in [0.2, 0.25) is 5.02 Å². The normalized spacial score (nSPS) is 12.8. The fraction of sp³-hybridized carbons (Fsp3) is 0.227. The summed E-state index contributed by atoms with van der Waals surface area (Å²) in [6.07, 6.45) is -1.28. The number of hydrogen-bond donors (Lipinski definition) is 3. The number of aryl methyl sites for hydroxylation is 1. The highest BCUT2D eigenvalue weighted by Crippen LogP contribution is 2.24. The first-order valence-corrected chi connectivity index (χ1v) is 9.98. The highest BCUT2D eigenvalue weighted by atomic mass is 35.5. The Labute approximate surface area is 188 Å². The van der Waals surface area contributed by atoms with E-state index in [-0.39, 0.29) is 18.1 Å². The number of amides is 1. The van der Waals surface area contributed by atoms with E-state index in [9.17, 15) is 25.1 Å². The lowest BCUT2D eigenvalue weighted by molar-refractivity contribution is -0.384. The molecule has 1 heterocycles. The van der Waals surface area contributed by atoms with Crippen LogP contribution < -0.4 is 10.1 Å². The Hall–Kier alpha value is -3.40. The van der Waals surface area contributed by atoms with Crippen molar-refractivity contribution in [2.75, 3.05) is 6.61 Å². The van der Waals surface area contributed by atoms with Crippen LogP contribution in [0.4, 0.5) is 5.69 Å². The topological polar surface area (TPSA) is 135 Å². The van der Waals surface area contributed by atoms with Gasteiger partial charge in [-0.2, -0.15) is 0 Å². The molecule has 9 nitrogen and oxygen atoms in total. The Morgan fingerprint density at radius 2 is 1.94 bits per heavy atom. The van der Waals surface area contributed by atoms with Gasteiger partial charge >= 0.3 is 0 Å². The predicted molar refractivity (Wildman–Crippen MR) is 116 cm³/mol. The van der Waals surface area contributed by atoms with Crippen LogP contribution >= 0.6 is 11.6 Å². The second-order valence-corrected chi connectivity index (χ2v) is 7.46. The van der Waals surface area contributed by atoms with Crippen LogP contribution in [0.5, 0.6) is 5.75 Å². The number of nitrogens with zero attached hydrogens (tertiary/aromatic N) is 1. The van der Waals surface area contributed by atoms with E-state index in [1.165, 1.54) is 30.3 Å². The molecule has 1 aromatic heterocycles. The van der Waals surface area contributed by atoms with Gasteiger partial charge in [-0.25, -0.2) is 0 Å². The average molecular weight is 461 g/mol. The van der Waals surface area contributed by atoms with Gasteiger partial charge in [-0.3, -0.25) is 14.9 Å². The van der Waals surface area contributed by atoms with Gasteiger partial charge in [0.2, 0.25) is 0 Å². The minimum absolute atomic E-state index is 0.0224. The zero-order valence-electron chi connectivity index (χ0n) is 17.0. The number of nitrogens with one attached hydrogen (secondary N) is 1. The molecule has 3 aromatic rings. The van der Waals surface area contributed by atoms with Gasteiger partial charge in [-0.05, 0) is 60.5 Å². The molecule has 0 spiro atoms. The number of rotatable bonds is 9. The lowest BCUT2D eigenvalue weighted by Crippen LogP contribution is -2.41. The summed E-state index contributed by atoms with van der Waals surface area (Å²) in [5, 5.41) is 33.9. The van der Waals surface area contributed by atoms with Gasteiger partial charge in [-0.1, -0.05) is 11.6 Å². The third kappa shape index (κ3) is 5.64. The van der Waals surface area contributed by atoms with Crippen molar-refractivity contribution in [1.29, 1.82) is 0 Å². The van der Waals surface area contributed by atoms with E-state index in [4.69, 9.17) is 20.8 Å². The van der Waals surface area contributed by atoms with E-state index in [0.29, 0.717) is 22.1 Å². The molecule has 0 fully saturated rings. The number of carbonyl (C=O) groups excluding carboxylic acids is 1. The van der Waals surface area contributed by atoms with Gasteiger partial charge in [0.1, 0.15) is 24.2 Å². The smallest absolute Gasteiger partial charge is 0.287 e. The molecule has 1 amide bonds. The van der Waals surface area contributed by atoms with Crippen LogP contribution in [-0.4, -0.2) is 33.7 Å². The fourth-order valence-electron chi connectivity index (χ4n) is 2.99. The molecule has 32 heavy (non-hydrogen) atoms. The SMILES string of the molecule is Cc1cc(Cl)ccc1OCc1ccc(C(=O)NC(CO)C(O)c2ccc([N+](=O)[O-])cc2)o1. The number of ether oxygens (including phenoxy) is 1. The van der Waals surface area contributed by atoms with Crippen LogP contribution in [0.3, 0.4) is 0 Å². The number of nitro groups is 1. The first-order valence-electron chi connectivity index (χ1n) is 9.60. The molecule has 0 aliphatic carbocycles. The maximum absolute atomic E-state index is 12.5. The van der Waals surface area contributed by atoms with Crippen LogP contribution in [0.15, 0.2) is 59.0 Å². The van der Waals surface area contributed by atoms with E-state index in [2.05, 4.69) is 5.32 Å². The van der Waals surface area contributed by atoms with Crippen molar-refractivity contribution in [3.05, 3.63) is 92.4 Å². The van der Waals surface area contributed by atoms with Gasteiger partial charge in [0.15, 0.2) is 5.76 Å². The molecule has 2 unspecified atom stereocenters. The van der Waals surface area contributed by atoms with Crippen molar-refractivity contribution in [2.45, 2.75) is 25.7 Å². The standard InChI is InChI=1S/C22H21ClN2O7/c1-13-10-15(23)4-8-19(13)31-12-17-7-9-20(32-17)22(28)24-18(11-26)21(27)14-2-5-16(6-3-14)25(29)30/h2-10,18,21,26-27H,11-12H2,1H3,(H,24,28). The number of halogens is 1.